The van der Waals surface area contributed by atoms with Crippen LogP contribution in [0, 0.1) is 0 Å². The second kappa shape index (κ2) is 11.9. The average Bonchev–Trinajstić information content (AvgIpc) is 2.87. The minimum atomic E-state index is 0.0761. The molecule has 0 unspecified atom stereocenters. The molecule has 3 rings (SSSR count). The van der Waals surface area contributed by atoms with E-state index < -0.39 is 0 Å². The molecule has 0 aliphatic rings. The van der Waals surface area contributed by atoms with E-state index in [1.165, 1.54) is 5.56 Å². The summed E-state index contributed by atoms with van der Waals surface area (Å²) in [7, 11) is 4.75. The van der Waals surface area contributed by atoms with Gasteiger partial charge in [0.05, 0.1) is 21.3 Å². The van der Waals surface area contributed by atoms with Crippen LogP contribution in [0.25, 0.3) is 0 Å². The number of hydrogen-bond acceptors (Lipinski definition) is 5. The monoisotopic (exact) mass is 448 g/mol. The number of pyridine rings is 1. The Morgan fingerprint density at radius 2 is 1.48 bits per heavy atom. The molecule has 0 aliphatic heterocycles. The van der Waals surface area contributed by atoms with E-state index in [1.54, 1.807) is 33.7 Å². The van der Waals surface area contributed by atoms with Gasteiger partial charge < -0.3 is 19.1 Å². The summed E-state index contributed by atoms with van der Waals surface area (Å²) in [5.41, 5.74) is 4.35. The zero-order valence-corrected chi connectivity index (χ0v) is 19.8. The molecule has 0 radical (unpaired) electrons. The number of carbonyl (C=O) groups excluding carboxylic acids is 1. The van der Waals surface area contributed by atoms with Crippen LogP contribution in [0.5, 0.6) is 17.2 Å². The largest absolute Gasteiger partial charge is 0.493 e. The van der Waals surface area contributed by atoms with Crippen LogP contribution in [0.1, 0.15) is 35.6 Å². The molecule has 6 nitrogen and oxygen atoms in total. The number of hydrogen-bond donors (Lipinski definition) is 0. The molecule has 0 atom stereocenters. The van der Waals surface area contributed by atoms with Crippen LogP contribution in [0.4, 0.5) is 0 Å². The lowest BCUT2D eigenvalue weighted by Crippen LogP contribution is -2.30. The van der Waals surface area contributed by atoms with Crippen molar-refractivity contribution < 1.29 is 19.0 Å². The van der Waals surface area contributed by atoms with Gasteiger partial charge >= 0.3 is 0 Å². The number of nitrogens with zero attached hydrogens (tertiary/aromatic N) is 2. The highest BCUT2D eigenvalue weighted by molar-refractivity contribution is 5.76. The molecule has 0 spiro atoms. The second-order valence-corrected chi connectivity index (χ2v) is 7.81. The number of rotatable bonds is 11. The summed E-state index contributed by atoms with van der Waals surface area (Å²) >= 11 is 0. The van der Waals surface area contributed by atoms with E-state index in [-0.39, 0.29) is 5.91 Å². The van der Waals surface area contributed by atoms with Crippen molar-refractivity contribution in [2.45, 2.75) is 39.3 Å². The Balaban J connectivity index is 1.76. The van der Waals surface area contributed by atoms with Crippen molar-refractivity contribution >= 4 is 5.91 Å². The lowest BCUT2D eigenvalue weighted by atomic mass is 10.1. The molecule has 0 saturated heterocycles. The van der Waals surface area contributed by atoms with E-state index >= 15 is 0 Å². The first-order valence-electron chi connectivity index (χ1n) is 11.1. The molecular formula is C27H32N2O4. The molecule has 1 amide bonds. The standard InChI is InChI=1S/C27H32N2O4/c1-5-20-8-10-21(11-9-20)18-29(19-23-7-6-14-28-17-23)26(30)13-12-22-15-24(31-2)27(33-4)25(16-22)32-3/h6-11,14-17H,5,12-13,18-19H2,1-4H3. The van der Waals surface area contributed by atoms with Gasteiger partial charge in [-0.1, -0.05) is 37.3 Å². The smallest absolute Gasteiger partial charge is 0.223 e. The van der Waals surface area contributed by atoms with Crippen molar-refractivity contribution in [1.82, 2.24) is 9.88 Å². The number of methoxy groups -OCH3 is 3. The highest BCUT2D eigenvalue weighted by atomic mass is 16.5. The lowest BCUT2D eigenvalue weighted by Gasteiger charge is -2.23. The third-order valence-electron chi connectivity index (χ3n) is 5.61. The third kappa shape index (κ3) is 6.48. The van der Waals surface area contributed by atoms with E-state index in [4.69, 9.17) is 14.2 Å². The van der Waals surface area contributed by atoms with Crippen LogP contribution in [0.2, 0.25) is 0 Å². The minimum Gasteiger partial charge on any atom is -0.493 e. The maximum absolute atomic E-state index is 13.3. The molecule has 1 aromatic heterocycles. The van der Waals surface area contributed by atoms with Gasteiger partial charge in [0.2, 0.25) is 11.7 Å². The lowest BCUT2D eigenvalue weighted by molar-refractivity contribution is -0.132. The summed E-state index contributed by atoms with van der Waals surface area (Å²) in [6, 6.07) is 16.1. The van der Waals surface area contributed by atoms with Gasteiger partial charge in [-0.05, 0) is 53.3 Å². The molecule has 3 aromatic rings. The maximum atomic E-state index is 13.3. The van der Waals surface area contributed by atoms with Crippen molar-refractivity contribution in [3.63, 3.8) is 0 Å². The number of carbonyl (C=O) groups is 1. The van der Waals surface area contributed by atoms with Crippen molar-refractivity contribution in [2.24, 2.45) is 0 Å². The minimum absolute atomic E-state index is 0.0761. The van der Waals surface area contributed by atoms with E-state index in [1.807, 2.05) is 29.2 Å². The molecule has 0 N–H and O–H groups in total. The van der Waals surface area contributed by atoms with Crippen LogP contribution in [-0.4, -0.2) is 37.1 Å². The third-order valence-corrected chi connectivity index (χ3v) is 5.61. The summed E-state index contributed by atoms with van der Waals surface area (Å²) < 4.78 is 16.3. The maximum Gasteiger partial charge on any atom is 0.223 e. The van der Waals surface area contributed by atoms with Gasteiger partial charge in [-0.2, -0.15) is 0 Å². The van der Waals surface area contributed by atoms with Crippen molar-refractivity contribution in [2.75, 3.05) is 21.3 Å². The summed E-state index contributed by atoms with van der Waals surface area (Å²) in [6.45, 7) is 3.20. The number of aryl methyl sites for hydroxylation is 2. The SMILES string of the molecule is CCc1ccc(CN(Cc2cccnc2)C(=O)CCc2cc(OC)c(OC)c(OC)c2)cc1. The predicted molar refractivity (Wildman–Crippen MR) is 129 cm³/mol. The predicted octanol–water partition coefficient (Wildman–Crippen LogP) is 4.83. The molecule has 1 heterocycles. The van der Waals surface area contributed by atoms with Crippen molar-refractivity contribution in [3.05, 3.63) is 83.2 Å². The van der Waals surface area contributed by atoms with E-state index in [9.17, 15) is 4.79 Å². The quantitative estimate of drug-likeness (QED) is 0.420. The molecule has 0 bridgehead atoms. The Morgan fingerprint density at radius 1 is 0.848 bits per heavy atom. The first-order chi connectivity index (χ1) is 16.1. The molecule has 0 saturated carbocycles. The fourth-order valence-electron chi connectivity index (χ4n) is 3.73. The topological polar surface area (TPSA) is 60.9 Å². The van der Waals surface area contributed by atoms with Crippen LogP contribution in [-0.2, 0) is 30.7 Å². The molecule has 6 heteroatoms. The van der Waals surface area contributed by atoms with E-state index in [0.29, 0.717) is 43.2 Å². The number of ether oxygens (including phenoxy) is 3. The normalized spacial score (nSPS) is 10.5. The zero-order chi connectivity index (χ0) is 23.6. The van der Waals surface area contributed by atoms with Gasteiger partial charge in [-0.25, -0.2) is 0 Å². The summed E-state index contributed by atoms with van der Waals surface area (Å²) in [5, 5.41) is 0. The van der Waals surface area contributed by atoms with Gasteiger partial charge in [-0.3, -0.25) is 9.78 Å². The molecule has 2 aromatic carbocycles. The average molecular weight is 449 g/mol. The first-order valence-corrected chi connectivity index (χ1v) is 11.1. The molecule has 33 heavy (non-hydrogen) atoms. The fourth-order valence-corrected chi connectivity index (χ4v) is 3.73. The number of amides is 1. The van der Waals surface area contributed by atoms with Gasteiger partial charge in [0.15, 0.2) is 11.5 Å². The van der Waals surface area contributed by atoms with Crippen molar-refractivity contribution in [1.29, 1.82) is 0 Å². The fraction of sp³-hybridized carbons (Fsp3) is 0.333. The Hall–Kier alpha value is -3.54. The summed E-state index contributed by atoms with van der Waals surface area (Å²) in [6.07, 6.45) is 5.47. The zero-order valence-electron chi connectivity index (χ0n) is 19.8. The van der Waals surface area contributed by atoms with Crippen molar-refractivity contribution in [3.8, 4) is 17.2 Å². The Morgan fingerprint density at radius 3 is 2.03 bits per heavy atom. The highest BCUT2D eigenvalue weighted by Crippen LogP contribution is 2.38. The van der Waals surface area contributed by atoms with Gasteiger partial charge in [0.25, 0.3) is 0 Å². The first kappa shape index (κ1) is 24.1. The second-order valence-electron chi connectivity index (χ2n) is 7.81. The van der Waals surface area contributed by atoms with Gasteiger partial charge in [0.1, 0.15) is 0 Å². The van der Waals surface area contributed by atoms with E-state index in [2.05, 4.69) is 36.2 Å². The van der Waals surface area contributed by atoms with Crippen LogP contribution >= 0.6 is 0 Å². The Labute approximate surface area is 196 Å². The molecule has 0 fully saturated rings. The summed E-state index contributed by atoms with van der Waals surface area (Å²) in [4.78, 5) is 19.4. The molecular weight excluding hydrogens is 416 g/mol. The van der Waals surface area contributed by atoms with Gasteiger partial charge in [-0.15, -0.1) is 0 Å². The molecule has 174 valence electrons. The summed E-state index contributed by atoms with van der Waals surface area (Å²) in [5.74, 6) is 1.79. The van der Waals surface area contributed by atoms with Crippen LogP contribution < -0.4 is 14.2 Å². The number of benzene rings is 2. The van der Waals surface area contributed by atoms with Gasteiger partial charge in [0, 0.05) is 31.9 Å². The molecule has 0 aliphatic carbocycles. The Bertz CT molecular complexity index is 1010. The van der Waals surface area contributed by atoms with Crippen LogP contribution in [0.3, 0.4) is 0 Å². The number of aromatic nitrogens is 1. The highest BCUT2D eigenvalue weighted by Gasteiger charge is 2.17. The van der Waals surface area contributed by atoms with E-state index in [0.717, 1.165) is 23.1 Å². The Kier molecular flexibility index (Phi) is 8.70. The van der Waals surface area contributed by atoms with Crippen LogP contribution in [0.15, 0.2) is 60.9 Å².